The highest BCUT2D eigenvalue weighted by Crippen LogP contribution is 2.33. The summed E-state index contributed by atoms with van der Waals surface area (Å²) in [5.41, 5.74) is 6.47. The molecule has 1 heterocycles. The quantitative estimate of drug-likeness (QED) is 0.940. The molecule has 0 radical (unpaired) electrons. The number of ether oxygens (including phenoxy) is 1. The number of benzene rings is 1. The summed E-state index contributed by atoms with van der Waals surface area (Å²) in [6.07, 6.45) is 4.54. The third-order valence-electron chi connectivity index (χ3n) is 3.80. The molecule has 1 saturated carbocycles. The number of nitrogen functional groups attached to an aromatic ring is 1. The van der Waals surface area contributed by atoms with E-state index in [2.05, 4.69) is 15.0 Å². The van der Waals surface area contributed by atoms with Gasteiger partial charge in [-0.15, -0.1) is 0 Å². The van der Waals surface area contributed by atoms with Crippen LogP contribution in [0.25, 0.3) is 11.4 Å². The minimum absolute atomic E-state index is 0.161. The van der Waals surface area contributed by atoms with Gasteiger partial charge in [0.2, 0.25) is 5.95 Å². The van der Waals surface area contributed by atoms with Crippen LogP contribution in [0.15, 0.2) is 18.2 Å². The number of halogens is 1. The van der Waals surface area contributed by atoms with E-state index in [-0.39, 0.29) is 11.7 Å². The Morgan fingerprint density at radius 1 is 1.19 bits per heavy atom. The van der Waals surface area contributed by atoms with Crippen LogP contribution in [0.1, 0.15) is 37.4 Å². The number of rotatable bonds is 3. The summed E-state index contributed by atoms with van der Waals surface area (Å²) in [7, 11) is 1.42. The first-order valence-electron chi connectivity index (χ1n) is 7.02. The van der Waals surface area contributed by atoms with E-state index in [9.17, 15) is 4.39 Å². The fraction of sp³-hybridized carbons (Fsp3) is 0.400. The van der Waals surface area contributed by atoms with Crippen LogP contribution in [0, 0.1) is 5.82 Å². The number of anilines is 1. The van der Waals surface area contributed by atoms with Gasteiger partial charge >= 0.3 is 0 Å². The molecule has 110 valence electrons. The summed E-state index contributed by atoms with van der Waals surface area (Å²) >= 11 is 0. The second-order valence-corrected chi connectivity index (χ2v) is 5.21. The molecule has 0 bridgehead atoms. The number of hydrogen-bond acceptors (Lipinski definition) is 5. The van der Waals surface area contributed by atoms with E-state index < -0.39 is 5.82 Å². The molecular weight excluding hydrogens is 271 g/mol. The molecule has 2 aromatic rings. The average Bonchev–Trinajstić information content (AvgIpc) is 3.01. The Kier molecular flexibility index (Phi) is 3.68. The lowest BCUT2D eigenvalue weighted by atomic mass is 10.1. The number of hydrogen-bond donors (Lipinski definition) is 1. The Hall–Kier alpha value is -2.24. The smallest absolute Gasteiger partial charge is 0.223 e. The molecule has 0 saturated heterocycles. The van der Waals surface area contributed by atoms with Gasteiger partial charge in [-0.1, -0.05) is 12.8 Å². The molecule has 1 aromatic carbocycles. The fourth-order valence-corrected chi connectivity index (χ4v) is 2.70. The normalized spacial score (nSPS) is 15.3. The molecule has 21 heavy (non-hydrogen) atoms. The van der Waals surface area contributed by atoms with Gasteiger partial charge in [-0.25, -0.2) is 9.37 Å². The van der Waals surface area contributed by atoms with Crippen LogP contribution in [0.5, 0.6) is 5.75 Å². The van der Waals surface area contributed by atoms with Crippen LogP contribution in [-0.4, -0.2) is 22.1 Å². The Morgan fingerprint density at radius 3 is 2.67 bits per heavy atom. The van der Waals surface area contributed by atoms with Crippen molar-refractivity contribution in [3.05, 3.63) is 29.8 Å². The van der Waals surface area contributed by atoms with Crippen molar-refractivity contribution in [3.8, 4) is 17.1 Å². The Bertz CT molecular complexity index is 656. The van der Waals surface area contributed by atoms with E-state index in [1.807, 2.05) is 0 Å². The zero-order chi connectivity index (χ0) is 14.8. The van der Waals surface area contributed by atoms with Crippen molar-refractivity contribution in [3.63, 3.8) is 0 Å². The first kappa shape index (κ1) is 13.7. The Morgan fingerprint density at radius 2 is 1.95 bits per heavy atom. The number of aromatic nitrogens is 3. The molecule has 3 rings (SSSR count). The third-order valence-corrected chi connectivity index (χ3v) is 3.80. The molecule has 0 aliphatic heterocycles. The largest absolute Gasteiger partial charge is 0.494 e. The lowest BCUT2D eigenvalue weighted by molar-refractivity contribution is 0.386. The standard InChI is InChI=1S/C15H17FN4O/c1-21-12-8-10(6-7-11(12)16)14-18-13(19-15(17)20-14)9-4-2-3-5-9/h6-9H,2-5H2,1H3,(H2,17,18,19,20). The van der Waals surface area contributed by atoms with Crippen molar-refractivity contribution in [2.24, 2.45) is 0 Å². The monoisotopic (exact) mass is 288 g/mol. The summed E-state index contributed by atoms with van der Waals surface area (Å²) in [4.78, 5) is 12.9. The Labute approximate surface area is 122 Å². The maximum atomic E-state index is 13.5. The van der Waals surface area contributed by atoms with Crippen molar-refractivity contribution < 1.29 is 9.13 Å². The zero-order valence-electron chi connectivity index (χ0n) is 11.8. The van der Waals surface area contributed by atoms with Crippen LogP contribution < -0.4 is 10.5 Å². The molecule has 1 aliphatic rings. The summed E-state index contributed by atoms with van der Waals surface area (Å²) in [6, 6.07) is 4.52. The molecule has 0 amide bonds. The first-order valence-corrected chi connectivity index (χ1v) is 7.02. The lowest BCUT2D eigenvalue weighted by Crippen LogP contribution is -2.07. The van der Waals surface area contributed by atoms with Gasteiger partial charge < -0.3 is 10.5 Å². The van der Waals surface area contributed by atoms with E-state index in [0.29, 0.717) is 17.3 Å². The molecule has 1 aromatic heterocycles. The van der Waals surface area contributed by atoms with Gasteiger partial charge in [0.15, 0.2) is 17.4 Å². The maximum absolute atomic E-state index is 13.5. The number of nitrogens with two attached hydrogens (primary N) is 1. The topological polar surface area (TPSA) is 73.9 Å². The summed E-state index contributed by atoms with van der Waals surface area (Å²) in [5, 5.41) is 0. The Balaban J connectivity index is 2.01. The van der Waals surface area contributed by atoms with Crippen molar-refractivity contribution in [2.45, 2.75) is 31.6 Å². The van der Waals surface area contributed by atoms with Crippen LogP contribution in [0.3, 0.4) is 0 Å². The molecule has 5 nitrogen and oxygen atoms in total. The highest BCUT2D eigenvalue weighted by atomic mass is 19.1. The average molecular weight is 288 g/mol. The van der Waals surface area contributed by atoms with Crippen LogP contribution in [0.2, 0.25) is 0 Å². The number of nitrogens with zero attached hydrogens (tertiary/aromatic N) is 3. The van der Waals surface area contributed by atoms with E-state index in [0.717, 1.165) is 18.7 Å². The predicted molar refractivity (Wildman–Crippen MR) is 77.4 cm³/mol. The van der Waals surface area contributed by atoms with E-state index in [1.165, 1.54) is 26.0 Å². The van der Waals surface area contributed by atoms with Gasteiger partial charge in [0.1, 0.15) is 5.82 Å². The van der Waals surface area contributed by atoms with Crippen molar-refractivity contribution in [1.82, 2.24) is 15.0 Å². The van der Waals surface area contributed by atoms with Gasteiger partial charge in [0, 0.05) is 11.5 Å². The molecule has 0 atom stereocenters. The van der Waals surface area contributed by atoms with Crippen LogP contribution >= 0.6 is 0 Å². The van der Waals surface area contributed by atoms with Crippen molar-refractivity contribution >= 4 is 5.95 Å². The molecular formula is C15H17FN4O. The van der Waals surface area contributed by atoms with Crippen LogP contribution in [-0.2, 0) is 0 Å². The highest BCUT2D eigenvalue weighted by Gasteiger charge is 2.21. The summed E-state index contributed by atoms with van der Waals surface area (Å²) in [5.74, 6) is 1.48. The highest BCUT2D eigenvalue weighted by molar-refractivity contribution is 5.58. The van der Waals surface area contributed by atoms with Crippen LogP contribution in [0.4, 0.5) is 10.3 Å². The van der Waals surface area contributed by atoms with E-state index in [4.69, 9.17) is 10.5 Å². The molecule has 0 spiro atoms. The van der Waals surface area contributed by atoms with Gasteiger partial charge in [-0.05, 0) is 31.0 Å². The fourth-order valence-electron chi connectivity index (χ4n) is 2.70. The molecule has 0 unspecified atom stereocenters. The zero-order valence-corrected chi connectivity index (χ0v) is 11.8. The molecule has 2 N–H and O–H groups in total. The first-order chi connectivity index (χ1) is 10.2. The molecule has 1 fully saturated rings. The molecule has 1 aliphatic carbocycles. The minimum Gasteiger partial charge on any atom is -0.494 e. The summed E-state index contributed by atoms with van der Waals surface area (Å²) in [6.45, 7) is 0. The van der Waals surface area contributed by atoms with Crippen molar-refractivity contribution in [1.29, 1.82) is 0 Å². The van der Waals surface area contributed by atoms with Gasteiger partial charge in [-0.3, -0.25) is 0 Å². The lowest BCUT2D eigenvalue weighted by Gasteiger charge is -2.10. The summed E-state index contributed by atoms with van der Waals surface area (Å²) < 4.78 is 18.5. The van der Waals surface area contributed by atoms with E-state index in [1.54, 1.807) is 12.1 Å². The SMILES string of the molecule is COc1cc(-c2nc(N)nc(C3CCCC3)n2)ccc1F. The van der Waals surface area contributed by atoms with Gasteiger partial charge in [0.05, 0.1) is 7.11 Å². The van der Waals surface area contributed by atoms with E-state index >= 15 is 0 Å². The second-order valence-electron chi connectivity index (χ2n) is 5.21. The number of methoxy groups -OCH3 is 1. The third kappa shape index (κ3) is 2.79. The van der Waals surface area contributed by atoms with Crippen molar-refractivity contribution in [2.75, 3.05) is 12.8 Å². The van der Waals surface area contributed by atoms with Gasteiger partial charge in [0.25, 0.3) is 0 Å². The molecule has 6 heteroatoms. The minimum atomic E-state index is -0.417. The predicted octanol–water partition coefficient (Wildman–Crippen LogP) is 2.93. The van der Waals surface area contributed by atoms with Gasteiger partial charge in [-0.2, -0.15) is 9.97 Å². The second kappa shape index (κ2) is 5.63. The maximum Gasteiger partial charge on any atom is 0.223 e.